The smallest absolute Gasteiger partial charge is 0.314 e. The number of nitro groups is 1. The van der Waals surface area contributed by atoms with Crippen molar-refractivity contribution in [2.45, 2.75) is 27.2 Å². The summed E-state index contributed by atoms with van der Waals surface area (Å²) in [6, 6.07) is 6.42. The van der Waals surface area contributed by atoms with Gasteiger partial charge in [0.1, 0.15) is 0 Å². The van der Waals surface area contributed by atoms with Crippen LogP contribution >= 0.6 is 0 Å². The summed E-state index contributed by atoms with van der Waals surface area (Å²) in [5, 5.41) is 14.3. The van der Waals surface area contributed by atoms with Crippen LogP contribution in [0.2, 0.25) is 0 Å². The van der Waals surface area contributed by atoms with Gasteiger partial charge >= 0.3 is 11.7 Å². The Kier molecular flexibility index (Phi) is 5.53. The van der Waals surface area contributed by atoms with Crippen molar-refractivity contribution >= 4 is 23.2 Å². The zero-order valence-electron chi connectivity index (χ0n) is 14.5. The van der Waals surface area contributed by atoms with Crippen LogP contribution in [0.25, 0.3) is 0 Å². The first-order chi connectivity index (χ1) is 11.8. The minimum atomic E-state index is -0.473. The Balaban J connectivity index is 2.38. The number of esters is 1. The maximum absolute atomic E-state index is 11.4. The van der Waals surface area contributed by atoms with Crippen LogP contribution in [0.5, 0.6) is 11.5 Å². The van der Waals surface area contributed by atoms with Crippen LogP contribution in [-0.4, -0.2) is 23.0 Å². The molecule has 0 saturated heterocycles. The monoisotopic (exact) mass is 345 g/mol. The Morgan fingerprint density at radius 1 is 1.28 bits per heavy atom. The highest BCUT2D eigenvalue weighted by Crippen LogP contribution is 2.34. The van der Waals surface area contributed by atoms with Crippen LogP contribution in [-0.2, 0) is 4.79 Å². The van der Waals surface area contributed by atoms with Gasteiger partial charge in [-0.15, -0.1) is 0 Å². The van der Waals surface area contributed by atoms with Gasteiger partial charge in [-0.05, 0) is 32.0 Å². The van der Waals surface area contributed by atoms with E-state index in [9.17, 15) is 14.9 Å². The largest absolute Gasteiger partial charge is 0.493 e. The number of nitrogens with one attached hydrogen (secondary N) is 1. The molecule has 2 rings (SSSR count). The molecule has 1 heterocycles. The molecule has 0 spiro atoms. The van der Waals surface area contributed by atoms with Gasteiger partial charge in [-0.25, -0.2) is 4.98 Å². The molecular weight excluding hydrogens is 326 g/mol. The second kappa shape index (κ2) is 7.61. The Labute approximate surface area is 144 Å². The van der Waals surface area contributed by atoms with E-state index in [0.29, 0.717) is 22.7 Å². The Morgan fingerprint density at radius 3 is 2.60 bits per heavy atom. The number of aromatic nitrogens is 1. The molecule has 0 bridgehead atoms. The molecule has 1 aromatic heterocycles. The zero-order chi connectivity index (χ0) is 18.6. The maximum Gasteiger partial charge on any atom is 0.314 e. The van der Waals surface area contributed by atoms with Gasteiger partial charge in [-0.2, -0.15) is 0 Å². The molecule has 1 N–H and O–H groups in total. The molecule has 0 fully saturated rings. The first-order valence-corrected chi connectivity index (χ1v) is 7.64. The highest BCUT2D eigenvalue weighted by Gasteiger charge is 2.20. The van der Waals surface area contributed by atoms with Gasteiger partial charge in [0.15, 0.2) is 11.5 Å². The third-order valence-electron chi connectivity index (χ3n) is 3.43. The highest BCUT2D eigenvalue weighted by molar-refractivity contribution is 5.74. The van der Waals surface area contributed by atoms with Crippen molar-refractivity contribution in [1.29, 1.82) is 0 Å². The second-order valence-electron chi connectivity index (χ2n) is 5.35. The highest BCUT2D eigenvalue weighted by atomic mass is 16.6. The van der Waals surface area contributed by atoms with E-state index >= 15 is 0 Å². The third kappa shape index (κ3) is 4.23. The molecule has 0 unspecified atom stereocenters. The lowest BCUT2D eigenvalue weighted by atomic mass is 10.2. The van der Waals surface area contributed by atoms with Gasteiger partial charge in [-0.3, -0.25) is 14.9 Å². The average Bonchev–Trinajstić information content (AvgIpc) is 2.54. The number of pyridine rings is 1. The van der Waals surface area contributed by atoms with Gasteiger partial charge in [-0.1, -0.05) is 6.92 Å². The van der Waals surface area contributed by atoms with Gasteiger partial charge in [0.2, 0.25) is 5.82 Å². The number of hydrogen-bond acceptors (Lipinski definition) is 7. The van der Waals surface area contributed by atoms with Crippen LogP contribution in [0.4, 0.5) is 17.2 Å². The molecule has 132 valence electrons. The van der Waals surface area contributed by atoms with Crippen molar-refractivity contribution in [2.24, 2.45) is 0 Å². The van der Waals surface area contributed by atoms with Crippen LogP contribution in [0.3, 0.4) is 0 Å². The van der Waals surface area contributed by atoms with E-state index in [0.717, 1.165) is 0 Å². The minimum Gasteiger partial charge on any atom is -0.493 e. The van der Waals surface area contributed by atoms with E-state index in [2.05, 4.69) is 10.3 Å². The fraction of sp³-hybridized carbons (Fsp3) is 0.294. The molecule has 0 aliphatic carbocycles. The molecule has 0 aliphatic heterocycles. The van der Waals surface area contributed by atoms with Gasteiger partial charge in [0.25, 0.3) is 0 Å². The van der Waals surface area contributed by atoms with Crippen molar-refractivity contribution in [1.82, 2.24) is 4.98 Å². The third-order valence-corrected chi connectivity index (χ3v) is 3.43. The lowest BCUT2D eigenvalue weighted by Crippen LogP contribution is -2.07. The van der Waals surface area contributed by atoms with Gasteiger partial charge in [0, 0.05) is 29.4 Å². The SMILES string of the molecule is CCC(=O)Oc1ccc(Nc2nc(C)cc(C)c2[N+](=O)[O-])cc1OC. The summed E-state index contributed by atoms with van der Waals surface area (Å²) in [5.74, 6) is 0.370. The quantitative estimate of drug-likeness (QED) is 0.368. The van der Waals surface area contributed by atoms with Crippen LogP contribution in [0, 0.1) is 24.0 Å². The number of methoxy groups -OCH3 is 1. The normalized spacial score (nSPS) is 10.2. The van der Waals surface area contributed by atoms with Crippen molar-refractivity contribution in [2.75, 3.05) is 12.4 Å². The lowest BCUT2D eigenvalue weighted by Gasteiger charge is -2.12. The molecule has 0 atom stereocenters. The molecule has 2 aromatic rings. The standard InChI is InChI=1S/C17H19N3O5/c1-5-15(21)25-13-7-6-12(9-14(13)24-4)19-17-16(20(22)23)10(2)8-11(3)18-17/h6-9H,5H2,1-4H3,(H,18,19). The fourth-order valence-electron chi connectivity index (χ4n) is 2.31. The van der Waals surface area contributed by atoms with E-state index in [1.54, 1.807) is 45.0 Å². The van der Waals surface area contributed by atoms with Crippen molar-refractivity contribution in [3.63, 3.8) is 0 Å². The number of carbonyl (C=O) groups is 1. The lowest BCUT2D eigenvalue weighted by molar-refractivity contribution is -0.384. The predicted molar refractivity (Wildman–Crippen MR) is 92.6 cm³/mol. The van der Waals surface area contributed by atoms with Crippen molar-refractivity contribution in [3.8, 4) is 11.5 Å². The predicted octanol–water partition coefficient (Wildman–Crippen LogP) is 3.67. The second-order valence-corrected chi connectivity index (χ2v) is 5.35. The Bertz CT molecular complexity index is 820. The zero-order valence-corrected chi connectivity index (χ0v) is 14.5. The summed E-state index contributed by atoms with van der Waals surface area (Å²) in [5.41, 5.74) is 1.60. The number of benzene rings is 1. The first-order valence-electron chi connectivity index (χ1n) is 7.64. The minimum absolute atomic E-state index is 0.0916. The number of anilines is 2. The summed E-state index contributed by atoms with van der Waals surface area (Å²) >= 11 is 0. The number of carbonyl (C=O) groups excluding carboxylic acids is 1. The summed E-state index contributed by atoms with van der Waals surface area (Å²) in [6.07, 6.45) is 0.238. The van der Waals surface area contributed by atoms with Crippen molar-refractivity contribution in [3.05, 3.63) is 45.6 Å². The van der Waals surface area contributed by atoms with E-state index in [1.165, 1.54) is 7.11 Å². The van der Waals surface area contributed by atoms with E-state index in [1.807, 2.05) is 0 Å². The summed E-state index contributed by atoms with van der Waals surface area (Å²) < 4.78 is 10.4. The van der Waals surface area contributed by atoms with E-state index < -0.39 is 4.92 Å². The number of ether oxygens (including phenoxy) is 2. The molecule has 0 amide bonds. The molecule has 25 heavy (non-hydrogen) atoms. The topological polar surface area (TPSA) is 104 Å². The molecule has 0 radical (unpaired) electrons. The molecule has 0 saturated carbocycles. The van der Waals surface area contributed by atoms with Crippen LogP contribution in [0.1, 0.15) is 24.6 Å². The summed E-state index contributed by atoms with van der Waals surface area (Å²) in [7, 11) is 1.44. The Hall–Kier alpha value is -3.16. The average molecular weight is 345 g/mol. The van der Waals surface area contributed by atoms with Gasteiger partial charge in [0.05, 0.1) is 12.0 Å². The van der Waals surface area contributed by atoms with E-state index in [4.69, 9.17) is 9.47 Å². The number of aryl methyl sites for hydroxylation is 2. The van der Waals surface area contributed by atoms with Crippen LogP contribution in [0.15, 0.2) is 24.3 Å². The maximum atomic E-state index is 11.4. The van der Waals surface area contributed by atoms with E-state index in [-0.39, 0.29) is 29.6 Å². The first kappa shape index (κ1) is 18.2. The van der Waals surface area contributed by atoms with Crippen molar-refractivity contribution < 1.29 is 19.2 Å². The molecule has 1 aromatic carbocycles. The molecule has 0 aliphatic rings. The fourth-order valence-corrected chi connectivity index (χ4v) is 2.31. The summed E-state index contributed by atoms with van der Waals surface area (Å²) in [6.45, 7) is 5.11. The van der Waals surface area contributed by atoms with Crippen LogP contribution < -0.4 is 14.8 Å². The molecule has 8 nitrogen and oxygen atoms in total. The van der Waals surface area contributed by atoms with Gasteiger partial charge < -0.3 is 14.8 Å². The molecular formula is C17H19N3O5. The Morgan fingerprint density at radius 2 is 2.00 bits per heavy atom. The number of rotatable bonds is 6. The molecule has 8 heteroatoms. The number of hydrogen-bond donors (Lipinski definition) is 1. The summed E-state index contributed by atoms with van der Waals surface area (Å²) in [4.78, 5) is 26.5. The number of nitrogens with zero attached hydrogens (tertiary/aromatic N) is 2.